The fourth-order valence-corrected chi connectivity index (χ4v) is 12.6. The van der Waals surface area contributed by atoms with Crippen molar-refractivity contribution in [1.29, 1.82) is 0 Å². The van der Waals surface area contributed by atoms with E-state index >= 15 is 0 Å². The number of aliphatic hydroxyl groups excluding tert-OH is 8. The highest BCUT2D eigenvalue weighted by atomic mass is 16.7. The summed E-state index contributed by atoms with van der Waals surface area (Å²) in [5.41, 5.74) is 0. The summed E-state index contributed by atoms with van der Waals surface area (Å²) in [6, 6.07) is -0.917. The van der Waals surface area contributed by atoms with Crippen molar-refractivity contribution in [2.75, 3.05) is 19.8 Å². The Morgan fingerprint density at radius 3 is 1.12 bits per heavy atom. The van der Waals surface area contributed by atoms with E-state index in [0.29, 0.717) is 6.42 Å². The van der Waals surface area contributed by atoms with Gasteiger partial charge in [0.25, 0.3) is 0 Å². The Morgan fingerprint density at radius 2 is 0.742 bits per heavy atom. The summed E-state index contributed by atoms with van der Waals surface area (Å²) in [5, 5.41) is 87.6. The standard InChI is InChI=1S/C75H141NO13/c1-3-5-7-9-11-13-15-17-19-21-23-25-27-28-29-30-31-32-33-34-35-37-38-40-42-44-46-48-50-52-54-56-58-64(79)63(62-86-74-72(85)70(83)73(66(61-78)88-74)89-75-71(84)69(82)68(81)65(60-77)87-75)76-67(80)59-57-55-53-51-49-47-45-43-41-39-36-26-24-22-20-18-16-14-12-10-8-6-4-2/h16,18,22,24,56,58,63-66,68-75,77-79,81-85H,3-15,17,19-21,23,25-55,57,59-62H2,1-2H3,(H,76,80)/b18-16-,24-22-,58-56+. The second-order valence-corrected chi connectivity index (χ2v) is 26.8. The topological polar surface area (TPSA) is 228 Å². The molecule has 2 aliphatic rings. The molecule has 14 heteroatoms. The third-order valence-electron chi connectivity index (χ3n) is 18.6. The number of amides is 1. The molecule has 0 aromatic rings. The van der Waals surface area contributed by atoms with Crippen molar-refractivity contribution < 1.29 is 64.6 Å². The maximum absolute atomic E-state index is 13.3. The maximum atomic E-state index is 13.3. The molecule has 2 aliphatic heterocycles. The number of allylic oxidation sites excluding steroid dienone is 5. The van der Waals surface area contributed by atoms with Crippen molar-refractivity contribution in [2.24, 2.45) is 0 Å². The number of rotatable bonds is 63. The smallest absolute Gasteiger partial charge is 0.220 e. The molecule has 2 heterocycles. The number of aliphatic hydroxyl groups is 8. The first-order valence-electron chi connectivity index (χ1n) is 37.7. The lowest BCUT2D eigenvalue weighted by Crippen LogP contribution is -2.65. The van der Waals surface area contributed by atoms with E-state index < -0.39 is 86.8 Å². The Kier molecular flexibility index (Phi) is 56.1. The van der Waals surface area contributed by atoms with Gasteiger partial charge < -0.3 is 65.1 Å². The number of unbranched alkanes of at least 4 members (excludes halogenated alkanes) is 46. The van der Waals surface area contributed by atoms with Gasteiger partial charge in [-0.3, -0.25) is 4.79 Å². The normalized spacial score (nSPS) is 23.2. The first-order valence-corrected chi connectivity index (χ1v) is 37.7. The molecule has 1 amide bonds. The molecule has 89 heavy (non-hydrogen) atoms. The molecule has 0 aromatic carbocycles. The van der Waals surface area contributed by atoms with Crippen LogP contribution in [0.3, 0.4) is 0 Å². The summed E-state index contributed by atoms with van der Waals surface area (Å²) >= 11 is 0. The summed E-state index contributed by atoms with van der Waals surface area (Å²) in [7, 11) is 0. The molecule has 12 atom stereocenters. The third kappa shape index (κ3) is 43.7. The highest BCUT2D eigenvalue weighted by Gasteiger charge is 2.51. The molecule has 9 N–H and O–H groups in total. The van der Waals surface area contributed by atoms with Gasteiger partial charge in [0.1, 0.15) is 48.8 Å². The maximum Gasteiger partial charge on any atom is 0.220 e. The van der Waals surface area contributed by atoms with E-state index in [4.69, 9.17) is 18.9 Å². The number of hydrogen-bond acceptors (Lipinski definition) is 13. The van der Waals surface area contributed by atoms with E-state index in [-0.39, 0.29) is 18.9 Å². The lowest BCUT2D eigenvalue weighted by Gasteiger charge is -2.46. The van der Waals surface area contributed by atoms with Gasteiger partial charge in [0.2, 0.25) is 5.91 Å². The van der Waals surface area contributed by atoms with Crippen LogP contribution in [0.1, 0.15) is 341 Å². The molecular weight excluding hydrogens is 1120 g/mol. The molecule has 0 bridgehead atoms. The van der Waals surface area contributed by atoms with Crippen LogP contribution in [0.25, 0.3) is 0 Å². The van der Waals surface area contributed by atoms with E-state index in [1.54, 1.807) is 6.08 Å². The SMILES string of the molecule is CCCCCCC/C=C\C/C=C\CCCCCCCCCCCCCC(=O)NC(COC1OC(CO)C(OC2OC(CO)C(O)C(O)C2O)C(O)C1O)C(O)/C=C/CCCCCCCCCCCCCCCCCCCCCCCCCCCCCCCC. The molecule has 14 nitrogen and oxygen atoms in total. The lowest BCUT2D eigenvalue weighted by atomic mass is 9.97. The predicted molar refractivity (Wildman–Crippen MR) is 365 cm³/mol. The predicted octanol–water partition coefficient (Wildman–Crippen LogP) is 16.1. The van der Waals surface area contributed by atoms with Crippen molar-refractivity contribution in [2.45, 2.75) is 415 Å². The Morgan fingerprint density at radius 1 is 0.404 bits per heavy atom. The molecule has 2 saturated heterocycles. The Hall–Kier alpha value is -1.79. The van der Waals surface area contributed by atoms with E-state index in [1.807, 2.05) is 6.08 Å². The van der Waals surface area contributed by atoms with Crippen LogP contribution in [-0.4, -0.2) is 140 Å². The Bertz CT molecular complexity index is 1630. The molecule has 0 radical (unpaired) electrons. The van der Waals surface area contributed by atoms with Crippen LogP contribution in [0.4, 0.5) is 0 Å². The van der Waals surface area contributed by atoms with Crippen LogP contribution in [0.15, 0.2) is 36.5 Å². The summed E-state index contributed by atoms with van der Waals surface area (Å²) in [6.07, 6.45) is 60.7. The average Bonchev–Trinajstić information content (AvgIpc) is 3.63. The van der Waals surface area contributed by atoms with Crippen molar-refractivity contribution in [3.05, 3.63) is 36.5 Å². The van der Waals surface area contributed by atoms with E-state index in [9.17, 15) is 45.6 Å². The average molecular weight is 1260 g/mol. The van der Waals surface area contributed by atoms with Crippen LogP contribution in [0, 0.1) is 0 Å². The van der Waals surface area contributed by atoms with Crippen LogP contribution in [0.5, 0.6) is 0 Å². The van der Waals surface area contributed by atoms with E-state index in [2.05, 4.69) is 43.5 Å². The fourth-order valence-electron chi connectivity index (χ4n) is 12.6. The second kappa shape index (κ2) is 59.9. The summed E-state index contributed by atoms with van der Waals surface area (Å²) in [5.74, 6) is -0.237. The molecule has 0 aromatic heterocycles. The van der Waals surface area contributed by atoms with Gasteiger partial charge in [-0.05, 0) is 51.4 Å². The summed E-state index contributed by atoms with van der Waals surface area (Å²) in [4.78, 5) is 13.3. The minimum absolute atomic E-state index is 0.237. The quantitative estimate of drug-likeness (QED) is 0.0204. The minimum atomic E-state index is -1.79. The Balaban J connectivity index is 1.64. The number of nitrogens with one attached hydrogen (secondary N) is 1. The Labute approximate surface area is 544 Å². The van der Waals surface area contributed by atoms with Gasteiger partial charge in [0.05, 0.1) is 32.0 Å². The summed E-state index contributed by atoms with van der Waals surface area (Å²) in [6.45, 7) is 2.84. The van der Waals surface area contributed by atoms with Gasteiger partial charge in [-0.1, -0.05) is 320 Å². The molecule has 12 unspecified atom stereocenters. The van der Waals surface area contributed by atoms with Crippen LogP contribution < -0.4 is 5.32 Å². The highest BCUT2D eigenvalue weighted by Crippen LogP contribution is 2.30. The zero-order valence-corrected chi connectivity index (χ0v) is 57.2. The molecule has 2 rings (SSSR count). The minimum Gasteiger partial charge on any atom is -0.394 e. The van der Waals surface area contributed by atoms with Crippen LogP contribution in [0.2, 0.25) is 0 Å². The van der Waals surface area contributed by atoms with Crippen molar-refractivity contribution in [1.82, 2.24) is 5.32 Å². The molecule has 0 spiro atoms. The van der Waals surface area contributed by atoms with Gasteiger partial charge in [-0.15, -0.1) is 0 Å². The molecule has 0 saturated carbocycles. The third-order valence-corrected chi connectivity index (χ3v) is 18.6. The monoisotopic (exact) mass is 1260 g/mol. The van der Waals surface area contributed by atoms with Crippen LogP contribution >= 0.6 is 0 Å². The van der Waals surface area contributed by atoms with Gasteiger partial charge in [-0.2, -0.15) is 0 Å². The first-order chi connectivity index (χ1) is 43.6. The molecule has 524 valence electrons. The first kappa shape index (κ1) is 83.3. The van der Waals surface area contributed by atoms with Gasteiger partial charge in [-0.25, -0.2) is 0 Å². The zero-order chi connectivity index (χ0) is 64.5. The highest BCUT2D eigenvalue weighted by molar-refractivity contribution is 5.76. The van der Waals surface area contributed by atoms with E-state index in [1.165, 1.54) is 270 Å². The van der Waals surface area contributed by atoms with E-state index in [0.717, 1.165) is 44.9 Å². The van der Waals surface area contributed by atoms with Crippen molar-refractivity contribution in [3.63, 3.8) is 0 Å². The second-order valence-electron chi connectivity index (χ2n) is 26.8. The molecule has 0 aliphatic carbocycles. The molecule has 2 fully saturated rings. The molecular formula is C75H141NO13. The largest absolute Gasteiger partial charge is 0.394 e. The van der Waals surface area contributed by atoms with Crippen molar-refractivity contribution >= 4 is 5.91 Å². The van der Waals surface area contributed by atoms with Crippen LogP contribution in [-0.2, 0) is 23.7 Å². The van der Waals surface area contributed by atoms with Gasteiger partial charge in [0, 0.05) is 6.42 Å². The number of carbonyl (C=O) groups is 1. The number of hydrogen-bond donors (Lipinski definition) is 9. The number of ether oxygens (including phenoxy) is 4. The lowest BCUT2D eigenvalue weighted by molar-refractivity contribution is -0.359. The van der Waals surface area contributed by atoms with Gasteiger partial charge in [0.15, 0.2) is 12.6 Å². The fraction of sp³-hybridized carbons (Fsp3) is 0.907. The summed E-state index contributed by atoms with van der Waals surface area (Å²) < 4.78 is 22.9. The number of carbonyl (C=O) groups excluding carboxylic acids is 1. The zero-order valence-electron chi connectivity index (χ0n) is 57.2. The van der Waals surface area contributed by atoms with Gasteiger partial charge >= 0.3 is 0 Å². The van der Waals surface area contributed by atoms with Crippen molar-refractivity contribution in [3.8, 4) is 0 Å².